The molecule has 84 valence electrons. The fourth-order valence-corrected chi connectivity index (χ4v) is 2.80. The fraction of sp³-hybridized carbons (Fsp3) is 0.0714. The molecule has 0 aliphatic carbocycles. The molecule has 0 bridgehead atoms. The van der Waals surface area contributed by atoms with Crippen molar-refractivity contribution in [3.05, 3.63) is 53.5 Å². The molecule has 0 saturated carbocycles. The van der Waals surface area contributed by atoms with Crippen LogP contribution in [0.25, 0.3) is 21.7 Å². The molecule has 0 spiro atoms. The number of H-pyrrole nitrogens is 1. The number of benzene rings is 1. The Bertz CT molecular complexity index is 609. The van der Waals surface area contributed by atoms with Gasteiger partial charge in [-0.3, -0.25) is 5.10 Å². The molecule has 17 heavy (non-hydrogen) atoms. The first-order valence-corrected chi connectivity index (χ1v) is 6.38. The highest BCUT2D eigenvalue weighted by Gasteiger charge is 2.13. The second kappa shape index (κ2) is 4.18. The quantitative estimate of drug-likeness (QED) is 0.717. The van der Waals surface area contributed by atoms with Crippen LogP contribution in [0.5, 0.6) is 0 Å². The SMILES string of the molecule is Cc1n[nH]c(-c2ccccc2)c1-c1cccs1. The van der Waals surface area contributed by atoms with Crippen LogP contribution in [0.15, 0.2) is 47.8 Å². The molecule has 0 aliphatic heterocycles. The maximum Gasteiger partial charge on any atom is 0.0739 e. The monoisotopic (exact) mass is 240 g/mol. The molecule has 3 aromatic rings. The second-order valence-corrected chi connectivity index (χ2v) is 4.85. The minimum Gasteiger partial charge on any atom is -0.277 e. The maximum atomic E-state index is 4.33. The highest BCUT2D eigenvalue weighted by atomic mass is 32.1. The molecule has 0 fully saturated rings. The van der Waals surface area contributed by atoms with Gasteiger partial charge >= 0.3 is 0 Å². The minimum atomic E-state index is 1.05. The Labute approximate surface area is 104 Å². The second-order valence-electron chi connectivity index (χ2n) is 3.90. The van der Waals surface area contributed by atoms with Gasteiger partial charge in [-0.25, -0.2) is 0 Å². The molecule has 0 saturated heterocycles. The number of hydrogen-bond acceptors (Lipinski definition) is 2. The van der Waals surface area contributed by atoms with E-state index >= 15 is 0 Å². The van der Waals surface area contributed by atoms with Crippen molar-refractivity contribution in [1.82, 2.24) is 10.2 Å². The molecule has 0 aliphatic rings. The minimum absolute atomic E-state index is 1.05. The lowest BCUT2D eigenvalue weighted by Gasteiger charge is -2.02. The first-order valence-electron chi connectivity index (χ1n) is 5.50. The number of rotatable bonds is 2. The van der Waals surface area contributed by atoms with Crippen molar-refractivity contribution in [2.45, 2.75) is 6.92 Å². The smallest absolute Gasteiger partial charge is 0.0739 e. The van der Waals surface area contributed by atoms with Crippen molar-refractivity contribution in [3.8, 4) is 21.7 Å². The van der Waals surface area contributed by atoms with E-state index in [4.69, 9.17) is 0 Å². The average molecular weight is 240 g/mol. The van der Waals surface area contributed by atoms with Crippen LogP contribution in [-0.2, 0) is 0 Å². The van der Waals surface area contributed by atoms with Crippen molar-refractivity contribution >= 4 is 11.3 Å². The summed E-state index contributed by atoms with van der Waals surface area (Å²) in [6, 6.07) is 14.5. The van der Waals surface area contributed by atoms with E-state index in [9.17, 15) is 0 Å². The van der Waals surface area contributed by atoms with Crippen LogP contribution in [0.1, 0.15) is 5.69 Å². The summed E-state index contributed by atoms with van der Waals surface area (Å²) >= 11 is 1.74. The van der Waals surface area contributed by atoms with E-state index in [2.05, 4.69) is 39.8 Å². The lowest BCUT2D eigenvalue weighted by atomic mass is 10.1. The Morgan fingerprint density at radius 2 is 1.88 bits per heavy atom. The lowest BCUT2D eigenvalue weighted by molar-refractivity contribution is 1.05. The van der Waals surface area contributed by atoms with E-state index in [1.54, 1.807) is 11.3 Å². The third-order valence-corrected chi connectivity index (χ3v) is 3.66. The average Bonchev–Trinajstić information content (AvgIpc) is 2.99. The predicted octanol–water partition coefficient (Wildman–Crippen LogP) is 4.11. The highest BCUT2D eigenvalue weighted by Crippen LogP contribution is 2.35. The zero-order valence-corrected chi connectivity index (χ0v) is 10.3. The van der Waals surface area contributed by atoms with Crippen LogP contribution in [0.4, 0.5) is 0 Å². The molecule has 0 atom stereocenters. The van der Waals surface area contributed by atoms with Gasteiger partial charge in [0.25, 0.3) is 0 Å². The Morgan fingerprint density at radius 1 is 1.06 bits per heavy atom. The number of aromatic nitrogens is 2. The van der Waals surface area contributed by atoms with Crippen molar-refractivity contribution < 1.29 is 0 Å². The van der Waals surface area contributed by atoms with Crippen LogP contribution in [0, 0.1) is 6.92 Å². The van der Waals surface area contributed by atoms with Gasteiger partial charge in [0.1, 0.15) is 0 Å². The fourth-order valence-electron chi connectivity index (χ4n) is 1.97. The number of hydrogen-bond donors (Lipinski definition) is 1. The summed E-state index contributed by atoms with van der Waals surface area (Å²) in [5.74, 6) is 0. The number of nitrogens with one attached hydrogen (secondary N) is 1. The predicted molar refractivity (Wildman–Crippen MR) is 72.1 cm³/mol. The Morgan fingerprint density at radius 3 is 2.59 bits per heavy atom. The number of aryl methyl sites for hydroxylation is 1. The number of aromatic amines is 1. The normalized spacial score (nSPS) is 10.6. The first-order chi connectivity index (χ1) is 8.36. The molecule has 3 rings (SSSR count). The van der Waals surface area contributed by atoms with Crippen LogP contribution in [-0.4, -0.2) is 10.2 Å². The lowest BCUT2D eigenvalue weighted by Crippen LogP contribution is -1.80. The van der Waals surface area contributed by atoms with Crippen LogP contribution in [0.3, 0.4) is 0 Å². The van der Waals surface area contributed by atoms with Gasteiger partial charge in [-0.2, -0.15) is 5.10 Å². The summed E-state index contributed by atoms with van der Waals surface area (Å²) in [6.07, 6.45) is 0. The van der Waals surface area contributed by atoms with E-state index in [1.807, 2.05) is 25.1 Å². The molecule has 0 radical (unpaired) electrons. The molecule has 0 unspecified atom stereocenters. The molecule has 0 amide bonds. The number of nitrogens with zero attached hydrogens (tertiary/aromatic N) is 1. The summed E-state index contributed by atoms with van der Waals surface area (Å²) < 4.78 is 0. The van der Waals surface area contributed by atoms with Gasteiger partial charge in [-0.1, -0.05) is 36.4 Å². The third kappa shape index (κ3) is 1.78. The van der Waals surface area contributed by atoms with E-state index in [1.165, 1.54) is 16.0 Å². The molecule has 2 heterocycles. The van der Waals surface area contributed by atoms with Gasteiger partial charge in [0.2, 0.25) is 0 Å². The Balaban J connectivity index is 2.20. The highest BCUT2D eigenvalue weighted by molar-refractivity contribution is 7.13. The standard InChI is InChI=1S/C14H12N2S/c1-10-13(12-8-5-9-17-12)14(16-15-10)11-6-3-2-4-7-11/h2-9H,1H3,(H,15,16). The van der Waals surface area contributed by atoms with E-state index in [0.29, 0.717) is 0 Å². The zero-order chi connectivity index (χ0) is 11.7. The Kier molecular flexibility index (Phi) is 2.53. The molecular formula is C14H12N2S. The van der Waals surface area contributed by atoms with Gasteiger partial charge in [0, 0.05) is 16.0 Å². The first kappa shape index (κ1) is 10.3. The van der Waals surface area contributed by atoms with Crippen molar-refractivity contribution in [2.75, 3.05) is 0 Å². The van der Waals surface area contributed by atoms with Crippen molar-refractivity contribution in [1.29, 1.82) is 0 Å². The molecule has 2 aromatic heterocycles. The molecule has 2 nitrogen and oxygen atoms in total. The zero-order valence-electron chi connectivity index (χ0n) is 9.47. The molecule has 1 aromatic carbocycles. The van der Waals surface area contributed by atoms with Crippen LogP contribution >= 0.6 is 11.3 Å². The molecule has 1 N–H and O–H groups in total. The topological polar surface area (TPSA) is 28.7 Å². The Hall–Kier alpha value is -1.87. The number of thiophene rings is 1. The summed E-state index contributed by atoms with van der Waals surface area (Å²) in [6.45, 7) is 2.04. The van der Waals surface area contributed by atoms with E-state index < -0.39 is 0 Å². The largest absolute Gasteiger partial charge is 0.277 e. The summed E-state index contributed by atoms with van der Waals surface area (Å²) in [5, 5.41) is 9.56. The summed E-state index contributed by atoms with van der Waals surface area (Å²) in [5.41, 5.74) is 4.54. The van der Waals surface area contributed by atoms with Gasteiger partial charge in [0.15, 0.2) is 0 Å². The van der Waals surface area contributed by atoms with Gasteiger partial charge < -0.3 is 0 Å². The van der Waals surface area contributed by atoms with Gasteiger partial charge in [0.05, 0.1) is 11.4 Å². The summed E-state index contributed by atoms with van der Waals surface area (Å²) in [7, 11) is 0. The van der Waals surface area contributed by atoms with E-state index in [-0.39, 0.29) is 0 Å². The van der Waals surface area contributed by atoms with E-state index in [0.717, 1.165) is 11.4 Å². The van der Waals surface area contributed by atoms with Crippen LogP contribution < -0.4 is 0 Å². The molecular weight excluding hydrogens is 228 g/mol. The maximum absolute atomic E-state index is 4.33. The van der Waals surface area contributed by atoms with Gasteiger partial charge in [-0.05, 0) is 18.4 Å². The molecule has 3 heteroatoms. The van der Waals surface area contributed by atoms with Gasteiger partial charge in [-0.15, -0.1) is 11.3 Å². The third-order valence-electron chi connectivity index (χ3n) is 2.78. The van der Waals surface area contributed by atoms with Crippen molar-refractivity contribution in [3.63, 3.8) is 0 Å². The van der Waals surface area contributed by atoms with Crippen LogP contribution in [0.2, 0.25) is 0 Å². The summed E-state index contributed by atoms with van der Waals surface area (Å²) in [4.78, 5) is 1.26. The van der Waals surface area contributed by atoms with Crippen molar-refractivity contribution in [2.24, 2.45) is 0 Å².